The molecule has 4 N–H and O–H groups in total. The van der Waals surface area contributed by atoms with E-state index < -0.39 is 0 Å². The minimum absolute atomic E-state index is 0.0740. The lowest BCUT2D eigenvalue weighted by Gasteiger charge is -2.40. The Bertz CT molecular complexity index is 1220. The number of nitrogen functional groups attached to an aromatic ring is 1. The Morgan fingerprint density at radius 1 is 1.07 bits per heavy atom. The van der Waals surface area contributed by atoms with Crippen molar-refractivity contribution < 1.29 is 14.6 Å². The summed E-state index contributed by atoms with van der Waals surface area (Å²) in [6.45, 7) is 7.99. The lowest BCUT2D eigenvalue weighted by atomic mass is 9.92. The molecule has 5 aliphatic rings. The molecular formula is C32H43N5O3. The number of carbonyl (C=O) groups excluding carboxylic acids is 1. The second-order valence-corrected chi connectivity index (χ2v) is 13.1. The first-order valence-electron chi connectivity index (χ1n) is 15.4. The van der Waals surface area contributed by atoms with E-state index in [2.05, 4.69) is 44.4 Å². The van der Waals surface area contributed by atoms with Crippen molar-refractivity contribution in [2.75, 3.05) is 51.7 Å². The summed E-state index contributed by atoms with van der Waals surface area (Å²) in [5, 5.41) is 12.9. The maximum Gasteiger partial charge on any atom is 0.255 e. The molecule has 2 atom stereocenters. The van der Waals surface area contributed by atoms with Gasteiger partial charge in [0.2, 0.25) is 0 Å². The average Bonchev–Trinajstić information content (AvgIpc) is 3.53. The minimum Gasteiger partial charge on any atom is -0.393 e. The van der Waals surface area contributed by atoms with Crippen LogP contribution in [0.1, 0.15) is 60.9 Å². The molecule has 214 valence electrons. The van der Waals surface area contributed by atoms with Crippen molar-refractivity contribution in [1.29, 1.82) is 0 Å². The number of hydrogen-bond donors (Lipinski definition) is 3. The van der Waals surface area contributed by atoms with Gasteiger partial charge >= 0.3 is 0 Å². The van der Waals surface area contributed by atoms with Gasteiger partial charge in [-0.2, -0.15) is 0 Å². The number of pyridine rings is 1. The number of aliphatic hydroxyl groups is 1. The molecule has 1 aromatic carbocycles. The number of amides is 1. The zero-order valence-corrected chi connectivity index (χ0v) is 23.4. The Hall–Kier alpha value is -2.52. The van der Waals surface area contributed by atoms with Crippen LogP contribution in [0.5, 0.6) is 0 Å². The number of nitrogens with zero attached hydrogens (tertiary/aromatic N) is 3. The fourth-order valence-electron chi connectivity index (χ4n) is 7.76. The zero-order valence-electron chi connectivity index (χ0n) is 23.4. The van der Waals surface area contributed by atoms with Crippen LogP contribution in [0, 0.1) is 11.8 Å². The second kappa shape index (κ2) is 10.7. The maximum atomic E-state index is 13.0. The van der Waals surface area contributed by atoms with E-state index >= 15 is 0 Å². The Kier molecular flexibility index (Phi) is 7.06. The van der Waals surface area contributed by atoms with Gasteiger partial charge < -0.3 is 25.8 Å². The Morgan fingerprint density at radius 3 is 2.52 bits per heavy atom. The molecule has 1 aromatic heterocycles. The molecule has 2 aromatic rings. The molecule has 1 amide bonds. The number of ether oxygens (including phenoxy) is 1. The van der Waals surface area contributed by atoms with E-state index in [4.69, 9.17) is 10.5 Å². The number of piperidine rings is 2. The van der Waals surface area contributed by atoms with Crippen LogP contribution in [-0.4, -0.2) is 89.9 Å². The van der Waals surface area contributed by atoms with Crippen molar-refractivity contribution in [3.8, 4) is 11.1 Å². The van der Waals surface area contributed by atoms with E-state index in [0.717, 1.165) is 67.9 Å². The second-order valence-electron chi connectivity index (χ2n) is 13.1. The molecule has 3 aliphatic heterocycles. The minimum atomic E-state index is -0.250. The number of aromatic nitrogens is 1. The highest BCUT2D eigenvalue weighted by molar-refractivity contribution is 5.99. The Labute approximate surface area is 237 Å². The van der Waals surface area contributed by atoms with Crippen molar-refractivity contribution >= 4 is 11.7 Å². The maximum absolute atomic E-state index is 13.0. The molecule has 8 nitrogen and oxygen atoms in total. The van der Waals surface area contributed by atoms with Crippen LogP contribution in [0.2, 0.25) is 0 Å². The fourth-order valence-corrected chi connectivity index (χ4v) is 7.76. The first-order chi connectivity index (χ1) is 19.5. The smallest absolute Gasteiger partial charge is 0.255 e. The van der Waals surface area contributed by atoms with Crippen LogP contribution in [-0.2, 0) is 10.2 Å². The first-order valence-corrected chi connectivity index (χ1v) is 15.4. The van der Waals surface area contributed by atoms with E-state index in [0.29, 0.717) is 11.0 Å². The molecule has 2 aliphatic carbocycles. The highest BCUT2D eigenvalue weighted by Crippen LogP contribution is 2.59. The van der Waals surface area contributed by atoms with Crippen molar-refractivity contribution in [3.63, 3.8) is 0 Å². The number of fused-ring (bicyclic) bond motifs is 1. The topological polar surface area (TPSA) is 104 Å². The van der Waals surface area contributed by atoms with Gasteiger partial charge in [0.15, 0.2) is 0 Å². The fraction of sp³-hybridized carbons (Fsp3) is 0.625. The number of hydrogen-bond acceptors (Lipinski definition) is 7. The monoisotopic (exact) mass is 545 g/mol. The molecule has 40 heavy (non-hydrogen) atoms. The molecular weight excluding hydrogens is 502 g/mol. The number of nitrogens with two attached hydrogens (primary N) is 1. The van der Waals surface area contributed by atoms with Crippen LogP contribution in [0.15, 0.2) is 36.5 Å². The number of rotatable bonds is 7. The van der Waals surface area contributed by atoms with Crippen LogP contribution >= 0.6 is 0 Å². The quantitative estimate of drug-likeness (QED) is 0.491. The van der Waals surface area contributed by atoms with E-state index in [1.165, 1.54) is 57.5 Å². The zero-order chi connectivity index (χ0) is 27.3. The summed E-state index contributed by atoms with van der Waals surface area (Å²) in [6, 6.07) is 11.6. The number of aliphatic hydroxyl groups excluding tert-OH is 1. The molecule has 0 radical (unpaired) electrons. The normalized spacial score (nSPS) is 31.5. The van der Waals surface area contributed by atoms with E-state index in [1.807, 2.05) is 6.07 Å². The number of benzene rings is 1. The van der Waals surface area contributed by atoms with E-state index in [-0.39, 0.29) is 23.9 Å². The summed E-state index contributed by atoms with van der Waals surface area (Å²) in [5.74, 6) is 1.60. The standard InChI is InChI=1S/C32H43N5O3/c33-30-29(31(39)35-26-5-7-28(38)8-6-26)13-23(15-34-30)22-1-3-24(4-2-22)32-14-25(32)17-37(20-32)27-9-11-36(12-10-27)16-21-18-40-19-21/h1-4,13,15,21,25-28,38H,5-12,14,16-20H2,(H2,33,34)(H,35,39)/t25-,26-,28-,32+/m0/s1. The van der Waals surface area contributed by atoms with Gasteiger partial charge in [0, 0.05) is 54.8 Å². The number of anilines is 1. The lowest BCUT2D eigenvalue weighted by molar-refractivity contribution is -0.0506. The molecule has 4 heterocycles. The predicted octanol–water partition coefficient (Wildman–Crippen LogP) is 3.05. The van der Waals surface area contributed by atoms with Gasteiger partial charge in [0.25, 0.3) is 5.91 Å². The van der Waals surface area contributed by atoms with Gasteiger partial charge in [-0.25, -0.2) is 4.98 Å². The summed E-state index contributed by atoms with van der Waals surface area (Å²) in [4.78, 5) is 22.8. The van der Waals surface area contributed by atoms with E-state index in [9.17, 15) is 9.90 Å². The Morgan fingerprint density at radius 2 is 1.82 bits per heavy atom. The Balaban J connectivity index is 0.976. The van der Waals surface area contributed by atoms with Crippen LogP contribution in [0.4, 0.5) is 5.82 Å². The van der Waals surface area contributed by atoms with Crippen molar-refractivity contribution in [2.45, 2.75) is 68.5 Å². The highest BCUT2D eigenvalue weighted by Gasteiger charge is 2.61. The molecule has 8 heteroatoms. The SMILES string of the molecule is Nc1ncc(-c2ccc([C@]34C[C@H]3CN(C3CCN(CC5COC5)CC3)C4)cc2)cc1C(=O)N[C@H]1CC[C@H](O)CC1. The number of likely N-dealkylation sites (tertiary alicyclic amines) is 2. The molecule has 0 spiro atoms. The summed E-state index contributed by atoms with van der Waals surface area (Å²) in [5.41, 5.74) is 10.3. The molecule has 5 fully saturated rings. The predicted molar refractivity (Wildman–Crippen MR) is 155 cm³/mol. The first kappa shape index (κ1) is 26.4. The van der Waals surface area contributed by atoms with Crippen molar-refractivity contribution in [3.05, 3.63) is 47.7 Å². The molecule has 7 rings (SSSR count). The molecule has 2 saturated carbocycles. The highest BCUT2D eigenvalue weighted by atomic mass is 16.5. The third-order valence-electron chi connectivity index (χ3n) is 10.5. The average molecular weight is 546 g/mol. The summed E-state index contributed by atoms with van der Waals surface area (Å²) in [6.07, 6.45) is 8.42. The van der Waals surface area contributed by atoms with Gasteiger partial charge in [-0.1, -0.05) is 24.3 Å². The van der Waals surface area contributed by atoms with Gasteiger partial charge in [-0.05, 0) is 81.1 Å². The van der Waals surface area contributed by atoms with Crippen LogP contribution in [0.25, 0.3) is 11.1 Å². The van der Waals surface area contributed by atoms with Crippen LogP contribution in [0.3, 0.4) is 0 Å². The van der Waals surface area contributed by atoms with Crippen LogP contribution < -0.4 is 11.1 Å². The largest absolute Gasteiger partial charge is 0.393 e. The molecule has 0 bridgehead atoms. The lowest BCUT2D eigenvalue weighted by Crippen LogP contribution is -2.48. The summed E-state index contributed by atoms with van der Waals surface area (Å²) >= 11 is 0. The summed E-state index contributed by atoms with van der Waals surface area (Å²) in [7, 11) is 0. The summed E-state index contributed by atoms with van der Waals surface area (Å²) < 4.78 is 5.36. The van der Waals surface area contributed by atoms with Gasteiger partial charge in [-0.15, -0.1) is 0 Å². The molecule has 3 saturated heterocycles. The number of nitrogens with one attached hydrogen (secondary N) is 1. The van der Waals surface area contributed by atoms with Crippen molar-refractivity contribution in [1.82, 2.24) is 20.1 Å². The third kappa shape index (κ3) is 5.15. The van der Waals surface area contributed by atoms with Gasteiger partial charge in [-0.3, -0.25) is 9.69 Å². The van der Waals surface area contributed by atoms with Crippen molar-refractivity contribution in [2.24, 2.45) is 11.8 Å². The molecule has 0 unspecified atom stereocenters. The van der Waals surface area contributed by atoms with E-state index in [1.54, 1.807) is 6.20 Å². The third-order valence-corrected chi connectivity index (χ3v) is 10.5. The number of carbonyl (C=O) groups is 1. The van der Waals surface area contributed by atoms with Gasteiger partial charge in [0.1, 0.15) is 5.82 Å². The van der Waals surface area contributed by atoms with Gasteiger partial charge in [0.05, 0.1) is 24.9 Å².